The van der Waals surface area contributed by atoms with E-state index in [1.54, 1.807) is 0 Å². The second kappa shape index (κ2) is 3.88. The highest BCUT2D eigenvalue weighted by atomic mass is 79.9. The standard InChI is InChI=1S/C6H11NO.BrH/c7-6(8)5-3-1-2-4-5;/h5H,1-4H2,(H2,7,8);1H. The minimum Gasteiger partial charge on any atom is -0.369 e. The van der Waals surface area contributed by atoms with Gasteiger partial charge >= 0.3 is 0 Å². The first kappa shape index (κ1) is 8.95. The fraction of sp³-hybridized carbons (Fsp3) is 0.833. The van der Waals surface area contributed by atoms with E-state index in [0.717, 1.165) is 12.8 Å². The van der Waals surface area contributed by atoms with E-state index in [2.05, 4.69) is 0 Å². The van der Waals surface area contributed by atoms with Crippen molar-refractivity contribution in [2.24, 2.45) is 11.7 Å². The lowest BCUT2D eigenvalue weighted by Gasteiger charge is -1.98. The van der Waals surface area contributed by atoms with Crippen molar-refractivity contribution in [1.29, 1.82) is 0 Å². The molecule has 0 aromatic rings. The van der Waals surface area contributed by atoms with Crippen molar-refractivity contribution in [1.82, 2.24) is 0 Å². The summed E-state index contributed by atoms with van der Waals surface area (Å²) in [5, 5.41) is 0. The molecule has 0 unspecified atom stereocenters. The van der Waals surface area contributed by atoms with Crippen molar-refractivity contribution in [3.05, 3.63) is 0 Å². The zero-order valence-electron chi connectivity index (χ0n) is 5.30. The van der Waals surface area contributed by atoms with Crippen LogP contribution in [0, 0.1) is 5.92 Å². The average Bonchev–Trinajstić information content (AvgIpc) is 2.12. The van der Waals surface area contributed by atoms with Crippen LogP contribution in [0.15, 0.2) is 0 Å². The van der Waals surface area contributed by atoms with Gasteiger partial charge in [-0.25, -0.2) is 0 Å². The Labute approximate surface area is 65.6 Å². The van der Waals surface area contributed by atoms with Crippen LogP contribution in [-0.4, -0.2) is 5.91 Å². The fourth-order valence-corrected chi connectivity index (χ4v) is 1.21. The molecular formula is C6H12BrNO. The van der Waals surface area contributed by atoms with Crippen molar-refractivity contribution < 1.29 is 4.79 Å². The normalized spacial score (nSPS) is 19.1. The quantitative estimate of drug-likeness (QED) is 0.670. The van der Waals surface area contributed by atoms with E-state index in [0.29, 0.717) is 0 Å². The molecule has 0 bridgehead atoms. The maximum atomic E-state index is 10.4. The Bertz CT molecular complexity index is 99.2. The van der Waals surface area contributed by atoms with Crippen LogP contribution in [-0.2, 0) is 4.79 Å². The summed E-state index contributed by atoms with van der Waals surface area (Å²) in [5.74, 6) is 0.0949. The fourth-order valence-electron chi connectivity index (χ4n) is 1.21. The first-order chi connectivity index (χ1) is 3.80. The third kappa shape index (κ3) is 2.35. The molecule has 0 radical (unpaired) electrons. The predicted molar refractivity (Wildman–Crippen MR) is 41.5 cm³/mol. The summed E-state index contributed by atoms with van der Waals surface area (Å²) in [5.41, 5.74) is 5.06. The number of rotatable bonds is 1. The van der Waals surface area contributed by atoms with E-state index >= 15 is 0 Å². The van der Waals surface area contributed by atoms with E-state index in [1.807, 2.05) is 0 Å². The lowest BCUT2D eigenvalue weighted by Crippen LogP contribution is -2.19. The number of halogens is 1. The summed E-state index contributed by atoms with van der Waals surface area (Å²) in [6, 6.07) is 0. The largest absolute Gasteiger partial charge is 0.369 e. The molecule has 3 heteroatoms. The van der Waals surface area contributed by atoms with Crippen molar-refractivity contribution in [3.63, 3.8) is 0 Å². The van der Waals surface area contributed by atoms with Crippen LogP contribution in [0.1, 0.15) is 25.7 Å². The lowest BCUT2D eigenvalue weighted by molar-refractivity contribution is -0.121. The second-order valence-electron chi connectivity index (χ2n) is 2.38. The van der Waals surface area contributed by atoms with Crippen molar-refractivity contribution >= 4 is 22.9 Å². The highest BCUT2D eigenvalue weighted by Crippen LogP contribution is 2.23. The number of primary amides is 1. The molecule has 0 heterocycles. The Kier molecular flexibility index (Phi) is 3.86. The second-order valence-corrected chi connectivity index (χ2v) is 2.38. The van der Waals surface area contributed by atoms with Gasteiger partial charge in [0.15, 0.2) is 0 Å². The molecule has 1 saturated carbocycles. The van der Waals surface area contributed by atoms with Crippen molar-refractivity contribution in [3.8, 4) is 0 Å². The minimum atomic E-state index is -0.109. The summed E-state index contributed by atoms with van der Waals surface area (Å²) >= 11 is 0. The Morgan fingerprint density at radius 1 is 1.33 bits per heavy atom. The summed E-state index contributed by atoms with van der Waals surface area (Å²) in [6.07, 6.45) is 4.42. The van der Waals surface area contributed by atoms with Gasteiger partial charge in [0.25, 0.3) is 0 Å². The summed E-state index contributed by atoms with van der Waals surface area (Å²) < 4.78 is 0. The molecule has 0 saturated heterocycles. The van der Waals surface area contributed by atoms with Crippen LogP contribution in [0.5, 0.6) is 0 Å². The van der Waals surface area contributed by atoms with Crippen LogP contribution in [0.2, 0.25) is 0 Å². The van der Waals surface area contributed by atoms with Gasteiger partial charge in [-0.3, -0.25) is 4.79 Å². The molecule has 0 aromatic heterocycles. The number of hydrogen-bond donors (Lipinski definition) is 1. The molecule has 9 heavy (non-hydrogen) atoms. The average molecular weight is 194 g/mol. The molecule has 1 amide bonds. The molecular weight excluding hydrogens is 182 g/mol. The monoisotopic (exact) mass is 193 g/mol. The van der Waals surface area contributed by atoms with E-state index in [-0.39, 0.29) is 28.8 Å². The number of hydrogen-bond acceptors (Lipinski definition) is 1. The molecule has 1 rings (SSSR count). The third-order valence-electron chi connectivity index (χ3n) is 1.76. The predicted octanol–water partition coefficient (Wildman–Crippen LogP) is 1.24. The number of carbonyl (C=O) groups is 1. The number of carbonyl (C=O) groups excluding carboxylic acids is 1. The molecule has 1 fully saturated rings. The smallest absolute Gasteiger partial charge is 0.220 e. The highest BCUT2D eigenvalue weighted by molar-refractivity contribution is 8.93. The minimum absolute atomic E-state index is 0. The molecule has 2 N–H and O–H groups in total. The lowest BCUT2D eigenvalue weighted by atomic mass is 10.1. The first-order valence-corrected chi connectivity index (χ1v) is 3.10. The molecule has 0 atom stereocenters. The Morgan fingerprint density at radius 2 is 1.78 bits per heavy atom. The summed E-state index contributed by atoms with van der Waals surface area (Å²) in [4.78, 5) is 10.4. The Balaban J connectivity index is 0.000000640. The van der Waals surface area contributed by atoms with Gasteiger partial charge in [-0.1, -0.05) is 12.8 Å². The van der Waals surface area contributed by atoms with Crippen LogP contribution in [0.3, 0.4) is 0 Å². The topological polar surface area (TPSA) is 43.1 Å². The van der Waals surface area contributed by atoms with Crippen LogP contribution in [0.4, 0.5) is 0 Å². The van der Waals surface area contributed by atoms with E-state index in [1.165, 1.54) is 12.8 Å². The Hall–Kier alpha value is -0.0500. The van der Waals surface area contributed by atoms with E-state index in [9.17, 15) is 4.79 Å². The highest BCUT2D eigenvalue weighted by Gasteiger charge is 2.19. The van der Waals surface area contributed by atoms with Crippen LogP contribution in [0.25, 0.3) is 0 Å². The molecule has 0 spiro atoms. The third-order valence-corrected chi connectivity index (χ3v) is 1.76. The van der Waals surface area contributed by atoms with Gasteiger partial charge in [0.1, 0.15) is 0 Å². The van der Waals surface area contributed by atoms with Gasteiger partial charge in [0.2, 0.25) is 5.91 Å². The molecule has 54 valence electrons. The summed E-state index contributed by atoms with van der Waals surface area (Å²) in [7, 11) is 0. The van der Waals surface area contributed by atoms with E-state index in [4.69, 9.17) is 5.73 Å². The maximum absolute atomic E-state index is 10.4. The van der Waals surface area contributed by atoms with Gasteiger partial charge in [0, 0.05) is 5.92 Å². The van der Waals surface area contributed by atoms with Gasteiger partial charge < -0.3 is 5.73 Å². The van der Waals surface area contributed by atoms with E-state index < -0.39 is 0 Å². The Morgan fingerprint density at radius 3 is 2.00 bits per heavy atom. The van der Waals surface area contributed by atoms with Crippen molar-refractivity contribution in [2.45, 2.75) is 25.7 Å². The first-order valence-electron chi connectivity index (χ1n) is 3.10. The van der Waals surface area contributed by atoms with Crippen LogP contribution < -0.4 is 5.73 Å². The van der Waals surface area contributed by atoms with Crippen molar-refractivity contribution in [2.75, 3.05) is 0 Å². The molecule has 1 aliphatic carbocycles. The zero-order valence-corrected chi connectivity index (χ0v) is 7.01. The molecule has 2 nitrogen and oxygen atoms in total. The van der Waals surface area contributed by atoms with Crippen LogP contribution >= 0.6 is 17.0 Å². The summed E-state index contributed by atoms with van der Waals surface area (Å²) in [6.45, 7) is 0. The van der Waals surface area contributed by atoms with Gasteiger partial charge in [0.05, 0.1) is 0 Å². The maximum Gasteiger partial charge on any atom is 0.220 e. The van der Waals surface area contributed by atoms with Gasteiger partial charge in [-0.15, -0.1) is 17.0 Å². The number of amides is 1. The van der Waals surface area contributed by atoms with Gasteiger partial charge in [-0.2, -0.15) is 0 Å². The molecule has 1 aliphatic rings. The SMILES string of the molecule is Br.NC(=O)C1CCCC1. The van der Waals surface area contributed by atoms with Gasteiger partial charge in [-0.05, 0) is 12.8 Å². The molecule has 0 aromatic carbocycles. The number of nitrogens with two attached hydrogens (primary N) is 1. The molecule has 0 aliphatic heterocycles. The zero-order chi connectivity index (χ0) is 5.98.